The van der Waals surface area contributed by atoms with Gasteiger partial charge in [-0.05, 0) is 39.7 Å². The van der Waals surface area contributed by atoms with Crippen molar-refractivity contribution in [1.82, 2.24) is 10.2 Å². The first-order valence-electron chi connectivity index (χ1n) is 8.42. The van der Waals surface area contributed by atoms with Crippen LogP contribution in [0, 0.1) is 5.92 Å². The third-order valence-corrected chi connectivity index (χ3v) is 5.06. The second kappa shape index (κ2) is 17.2. The Bertz CT molecular complexity index is 315. The zero-order valence-electron chi connectivity index (χ0n) is 15.2. The van der Waals surface area contributed by atoms with Gasteiger partial charge in [-0.2, -0.15) is 0 Å². The Balaban J connectivity index is 0. The highest BCUT2D eigenvalue weighted by Gasteiger charge is 2.12. The average Bonchev–Trinajstić information content (AvgIpc) is 2.48. The Hall–Kier alpha value is 0.350. The first-order chi connectivity index (χ1) is 10.8. The lowest BCUT2D eigenvalue weighted by molar-refractivity contribution is 0.405. The molecule has 0 bridgehead atoms. The molecule has 0 aromatic carbocycles. The Morgan fingerprint density at radius 2 is 1.78 bits per heavy atom. The molecule has 0 saturated carbocycles. The van der Waals surface area contributed by atoms with Crippen LogP contribution < -0.4 is 5.32 Å². The summed E-state index contributed by atoms with van der Waals surface area (Å²) in [5.41, 5.74) is 0. The third kappa shape index (κ3) is 17.0. The second-order valence-corrected chi connectivity index (χ2v) is 7.85. The quantitative estimate of drug-likeness (QED) is 0.299. The van der Waals surface area contributed by atoms with Gasteiger partial charge in [0.25, 0.3) is 0 Å². The molecule has 0 spiro atoms. The Kier molecular flexibility index (Phi) is 19.1. The molecule has 3 N–H and O–H groups in total. The van der Waals surface area contributed by atoms with E-state index in [1.165, 1.54) is 25.7 Å². The van der Waals surface area contributed by atoms with Crippen molar-refractivity contribution < 1.29 is 14.4 Å². The minimum atomic E-state index is -3.13. The summed E-state index contributed by atoms with van der Waals surface area (Å²) < 4.78 is 9.76. The van der Waals surface area contributed by atoms with Gasteiger partial charge in [-0.15, -0.1) is 0 Å². The molecule has 0 rings (SSSR count). The number of thiocarbonyl (C=S) groups is 1. The monoisotopic (exact) mass is 386 g/mol. The molecule has 0 aliphatic carbocycles. The molecule has 0 heterocycles. The van der Waals surface area contributed by atoms with E-state index >= 15 is 0 Å². The van der Waals surface area contributed by atoms with Crippen LogP contribution in [0.4, 0.5) is 0 Å². The smallest absolute Gasteiger partial charge is 0.314 e. The van der Waals surface area contributed by atoms with Crippen LogP contribution in [0.1, 0.15) is 60.3 Å². The van der Waals surface area contributed by atoms with E-state index in [0.717, 1.165) is 29.9 Å². The van der Waals surface area contributed by atoms with Crippen LogP contribution in [-0.2, 0) is 4.57 Å². The van der Waals surface area contributed by atoms with E-state index in [1.807, 2.05) is 0 Å². The van der Waals surface area contributed by atoms with Crippen LogP contribution in [0.25, 0.3) is 0 Å². The molecule has 140 valence electrons. The van der Waals surface area contributed by atoms with Gasteiger partial charge in [0.05, 0.1) is 5.37 Å². The molecule has 0 fully saturated rings. The van der Waals surface area contributed by atoms with Gasteiger partial charge in [-0.3, -0.25) is 4.57 Å². The lowest BCUT2D eigenvalue weighted by Gasteiger charge is -2.24. The Morgan fingerprint density at radius 3 is 2.17 bits per heavy atom. The van der Waals surface area contributed by atoms with Crippen molar-refractivity contribution in [2.75, 3.05) is 19.6 Å². The van der Waals surface area contributed by atoms with Crippen LogP contribution in [0.15, 0.2) is 0 Å². The maximum absolute atomic E-state index is 8.74. The zero-order chi connectivity index (χ0) is 18.3. The number of rotatable bonds is 10. The van der Waals surface area contributed by atoms with Gasteiger partial charge in [-0.25, -0.2) is 0 Å². The van der Waals surface area contributed by atoms with Gasteiger partial charge in [0.2, 0.25) is 0 Å². The summed E-state index contributed by atoms with van der Waals surface area (Å²) >= 11 is 7.26. The van der Waals surface area contributed by atoms with E-state index in [-0.39, 0.29) is 0 Å². The highest BCUT2D eigenvalue weighted by atomic mass is 32.2. The van der Waals surface area contributed by atoms with E-state index in [0.29, 0.717) is 5.37 Å². The highest BCUT2D eigenvalue weighted by molar-refractivity contribution is 8.23. The summed E-state index contributed by atoms with van der Waals surface area (Å²) in [6, 6.07) is 0. The fourth-order valence-corrected chi connectivity index (χ4v) is 3.61. The standard InChI is InChI=1S/C15H32N2S2.H3O3P/c1-6-10-11-14(7-2)12-16-13(5)19-15(18)17(8-3)9-4;1-4(2)3/h13-14,16H,6-12H2,1-5H3;4H,(H2,1,2,3). The van der Waals surface area contributed by atoms with E-state index in [9.17, 15) is 0 Å². The highest BCUT2D eigenvalue weighted by Crippen LogP contribution is 2.16. The van der Waals surface area contributed by atoms with Crippen molar-refractivity contribution in [2.45, 2.75) is 65.7 Å². The summed E-state index contributed by atoms with van der Waals surface area (Å²) in [6.45, 7) is 14.2. The molecule has 23 heavy (non-hydrogen) atoms. The largest absolute Gasteiger partial charge is 0.358 e. The predicted octanol–water partition coefficient (Wildman–Crippen LogP) is 3.86. The Morgan fingerprint density at radius 1 is 1.26 bits per heavy atom. The molecule has 8 heteroatoms. The molecule has 0 aromatic rings. The van der Waals surface area contributed by atoms with Gasteiger partial charge in [0.15, 0.2) is 0 Å². The second-order valence-electron chi connectivity index (χ2n) is 5.31. The zero-order valence-corrected chi connectivity index (χ0v) is 17.8. The number of hydrogen-bond acceptors (Lipinski definition) is 4. The predicted molar refractivity (Wildman–Crippen MR) is 107 cm³/mol. The van der Waals surface area contributed by atoms with Crippen molar-refractivity contribution in [3.05, 3.63) is 0 Å². The number of hydrogen-bond donors (Lipinski definition) is 3. The summed E-state index contributed by atoms with van der Waals surface area (Å²) in [7, 11) is -3.13. The minimum absolute atomic E-state index is 0.406. The fourth-order valence-electron chi connectivity index (χ4n) is 2.03. The molecule has 0 radical (unpaired) electrons. The van der Waals surface area contributed by atoms with Crippen LogP contribution in [0.2, 0.25) is 0 Å². The maximum Gasteiger partial charge on any atom is 0.314 e. The third-order valence-electron chi connectivity index (χ3n) is 3.54. The van der Waals surface area contributed by atoms with Gasteiger partial charge < -0.3 is 20.0 Å². The number of nitrogens with zero attached hydrogens (tertiary/aromatic N) is 1. The first kappa shape index (κ1) is 25.6. The molecular formula is C15H35N2O3PS2. The van der Waals surface area contributed by atoms with Crippen LogP contribution in [-0.4, -0.2) is 44.0 Å². The maximum atomic E-state index is 8.74. The normalized spacial score (nSPS) is 13.2. The lowest BCUT2D eigenvalue weighted by Crippen LogP contribution is -2.33. The molecular weight excluding hydrogens is 351 g/mol. The van der Waals surface area contributed by atoms with Crippen LogP contribution >= 0.6 is 32.2 Å². The van der Waals surface area contributed by atoms with E-state index in [4.69, 9.17) is 26.6 Å². The summed E-state index contributed by atoms with van der Waals surface area (Å²) in [4.78, 5) is 16.6. The van der Waals surface area contributed by atoms with Crippen LogP contribution in [0.3, 0.4) is 0 Å². The van der Waals surface area contributed by atoms with Crippen molar-refractivity contribution in [1.29, 1.82) is 0 Å². The minimum Gasteiger partial charge on any atom is -0.358 e. The topological polar surface area (TPSA) is 72.8 Å². The number of unbranched alkanes of at least 4 members (excludes halogenated alkanes) is 1. The lowest BCUT2D eigenvalue weighted by atomic mass is 9.99. The van der Waals surface area contributed by atoms with E-state index < -0.39 is 8.25 Å². The molecule has 5 nitrogen and oxygen atoms in total. The summed E-state index contributed by atoms with van der Waals surface area (Å²) in [5.74, 6) is 0.810. The van der Waals surface area contributed by atoms with Crippen molar-refractivity contribution in [2.24, 2.45) is 5.92 Å². The molecule has 2 atom stereocenters. The van der Waals surface area contributed by atoms with Crippen molar-refractivity contribution in [3.8, 4) is 0 Å². The van der Waals surface area contributed by atoms with E-state index in [2.05, 4.69) is 44.8 Å². The Labute approximate surface area is 152 Å². The van der Waals surface area contributed by atoms with Crippen molar-refractivity contribution in [3.63, 3.8) is 0 Å². The SMILES string of the molecule is CCCCC(CC)CNC(C)SC(=S)N(CC)CC.O=[PH](O)O. The van der Waals surface area contributed by atoms with Gasteiger partial charge in [0.1, 0.15) is 4.32 Å². The van der Waals surface area contributed by atoms with Crippen LogP contribution in [0.5, 0.6) is 0 Å². The molecule has 2 unspecified atom stereocenters. The molecule has 0 aromatic heterocycles. The van der Waals surface area contributed by atoms with E-state index in [1.54, 1.807) is 11.8 Å². The number of thioether (sulfide) groups is 1. The number of nitrogens with one attached hydrogen (secondary N) is 1. The molecule has 0 aliphatic rings. The summed E-state index contributed by atoms with van der Waals surface area (Å²) in [5, 5.41) is 4.03. The van der Waals surface area contributed by atoms with Gasteiger partial charge in [-0.1, -0.05) is 57.1 Å². The molecule has 0 aliphatic heterocycles. The molecule has 0 saturated heterocycles. The first-order valence-corrected chi connectivity index (χ1v) is 11.0. The average molecular weight is 387 g/mol. The fraction of sp³-hybridized carbons (Fsp3) is 0.933. The molecule has 0 amide bonds. The van der Waals surface area contributed by atoms with Gasteiger partial charge >= 0.3 is 8.25 Å². The van der Waals surface area contributed by atoms with Gasteiger partial charge in [0, 0.05) is 13.1 Å². The summed E-state index contributed by atoms with van der Waals surface area (Å²) in [6.07, 6.45) is 5.26. The van der Waals surface area contributed by atoms with Crippen molar-refractivity contribution >= 4 is 36.6 Å².